The Morgan fingerprint density at radius 1 is 1.00 bits per heavy atom. The van der Waals surface area contributed by atoms with Crippen molar-refractivity contribution in [3.05, 3.63) is 65.7 Å². The van der Waals surface area contributed by atoms with Crippen molar-refractivity contribution in [1.29, 1.82) is 0 Å². The van der Waals surface area contributed by atoms with Crippen LogP contribution in [0.2, 0.25) is 0 Å². The molecule has 0 saturated heterocycles. The first-order chi connectivity index (χ1) is 8.81. The summed E-state index contributed by atoms with van der Waals surface area (Å²) in [6.45, 7) is 2.70. The summed E-state index contributed by atoms with van der Waals surface area (Å²) >= 11 is 0. The lowest BCUT2D eigenvalue weighted by atomic mass is 10.1. The molecular weight excluding hydrogens is 222 g/mol. The molecule has 18 heavy (non-hydrogen) atoms. The van der Waals surface area contributed by atoms with Crippen molar-refractivity contribution in [3.8, 4) is 5.75 Å². The van der Waals surface area contributed by atoms with E-state index in [0.29, 0.717) is 6.54 Å². The number of ether oxygens (including phenoxy) is 1. The zero-order valence-electron chi connectivity index (χ0n) is 10.7. The molecule has 0 amide bonds. The van der Waals surface area contributed by atoms with E-state index < -0.39 is 0 Å². The maximum Gasteiger partial charge on any atom is 0.123 e. The van der Waals surface area contributed by atoms with Crippen molar-refractivity contribution in [2.45, 2.75) is 19.4 Å². The predicted molar refractivity (Wildman–Crippen MR) is 74.7 cm³/mol. The average molecular weight is 241 g/mol. The van der Waals surface area contributed by atoms with Gasteiger partial charge in [-0.15, -0.1) is 0 Å². The van der Waals surface area contributed by atoms with E-state index in [4.69, 9.17) is 10.5 Å². The molecule has 0 aliphatic rings. The Kier molecular flexibility index (Phi) is 4.37. The lowest BCUT2D eigenvalue weighted by molar-refractivity contribution is 0.224. The molecular formula is C16H19NO. The molecule has 94 valence electrons. The third-order valence-corrected chi connectivity index (χ3v) is 2.96. The highest BCUT2D eigenvalue weighted by Crippen LogP contribution is 2.25. The minimum atomic E-state index is 0.0464. The molecule has 1 unspecified atom stereocenters. The second-order valence-corrected chi connectivity index (χ2v) is 4.32. The molecule has 0 spiro atoms. The summed E-state index contributed by atoms with van der Waals surface area (Å²) in [6, 6.07) is 18.3. The summed E-state index contributed by atoms with van der Waals surface area (Å²) in [4.78, 5) is 0. The third kappa shape index (κ3) is 3.11. The summed E-state index contributed by atoms with van der Waals surface area (Å²) in [5.74, 6) is 0.930. The molecule has 0 aliphatic heterocycles. The largest absolute Gasteiger partial charge is 0.486 e. The van der Waals surface area contributed by atoms with Gasteiger partial charge in [0.1, 0.15) is 11.9 Å². The van der Waals surface area contributed by atoms with Crippen molar-refractivity contribution < 1.29 is 4.74 Å². The Labute approximate surface area is 108 Å². The molecule has 2 N–H and O–H groups in total. The van der Waals surface area contributed by atoms with Crippen molar-refractivity contribution in [2.24, 2.45) is 5.73 Å². The van der Waals surface area contributed by atoms with Gasteiger partial charge < -0.3 is 10.5 Å². The fourth-order valence-electron chi connectivity index (χ4n) is 1.96. The number of nitrogens with two attached hydrogens (primary N) is 1. The second kappa shape index (κ2) is 6.22. The monoisotopic (exact) mass is 241 g/mol. The van der Waals surface area contributed by atoms with Crippen LogP contribution in [0.25, 0.3) is 0 Å². The summed E-state index contributed by atoms with van der Waals surface area (Å²) in [5.41, 5.74) is 7.97. The van der Waals surface area contributed by atoms with Gasteiger partial charge in [-0.3, -0.25) is 0 Å². The zero-order chi connectivity index (χ0) is 12.8. The van der Waals surface area contributed by atoms with Gasteiger partial charge in [-0.05, 0) is 37.1 Å². The maximum atomic E-state index is 6.03. The molecule has 0 radical (unpaired) electrons. The predicted octanol–water partition coefficient (Wildman–Crippen LogP) is 3.33. The van der Waals surface area contributed by atoms with E-state index in [1.165, 1.54) is 11.1 Å². The van der Waals surface area contributed by atoms with Gasteiger partial charge in [0.05, 0.1) is 0 Å². The average Bonchev–Trinajstić information content (AvgIpc) is 2.42. The van der Waals surface area contributed by atoms with E-state index in [9.17, 15) is 0 Å². The van der Waals surface area contributed by atoms with E-state index in [1.807, 2.05) is 36.4 Å². The van der Waals surface area contributed by atoms with Gasteiger partial charge in [-0.25, -0.2) is 0 Å². The highest BCUT2D eigenvalue weighted by molar-refractivity contribution is 5.34. The molecule has 2 aromatic carbocycles. The van der Waals surface area contributed by atoms with Crippen LogP contribution in [0.5, 0.6) is 5.75 Å². The van der Waals surface area contributed by atoms with Crippen LogP contribution in [-0.2, 0) is 6.42 Å². The third-order valence-electron chi connectivity index (χ3n) is 2.96. The highest BCUT2D eigenvalue weighted by Gasteiger charge is 2.09. The van der Waals surface area contributed by atoms with Crippen LogP contribution in [0.4, 0.5) is 0 Å². The van der Waals surface area contributed by atoms with Crippen molar-refractivity contribution in [2.75, 3.05) is 6.54 Å². The Hall–Kier alpha value is -1.80. The van der Waals surface area contributed by atoms with E-state index in [0.717, 1.165) is 12.2 Å². The van der Waals surface area contributed by atoms with E-state index in [2.05, 4.69) is 25.1 Å². The molecule has 0 bridgehead atoms. The van der Waals surface area contributed by atoms with Gasteiger partial charge in [-0.1, -0.05) is 48.5 Å². The number of para-hydroxylation sites is 1. The van der Waals surface area contributed by atoms with Gasteiger partial charge in [0, 0.05) is 0 Å². The van der Waals surface area contributed by atoms with Crippen LogP contribution in [0.15, 0.2) is 54.6 Å². The maximum absolute atomic E-state index is 6.03. The zero-order valence-corrected chi connectivity index (χ0v) is 10.7. The molecule has 0 saturated carbocycles. The Morgan fingerprint density at radius 2 is 1.67 bits per heavy atom. The number of benzene rings is 2. The Bertz CT molecular complexity index is 481. The summed E-state index contributed by atoms with van der Waals surface area (Å²) in [6.07, 6.45) is 0.891. The second-order valence-electron chi connectivity index (χ2n) is 4.32. The molecule has 2 aromatic rings. The number of rotatable bonds is 5. The molecule has 0 heterocycles. The molecule has 1 atom stereocenters. The minimum Gasteiger partial charge on any atom is -0.486 e. The molecule has 0 fully saturated rings. The van der Waals surface area contributed by atoms with Crippen molar-refractivity contribution in [1.82, 2.24) is 0 Å². The molecule has 0 aromatic heterocycles. The van der Waals surface area contributed by atoms with Crippen molar-refractivity contribution >= 4 is 0 Å². The van der Waals surface area contributed by atoms with Crippen LogP contribution in [0.3, 0.4) is 0 Å². The van der Waals surface area contributed by atoms with Crippen LogP contribution in [0.1, 0.15) is 24.2 Å². The van der Waals surface area contributed by atoms with Crippen LogP contribution < -0.4 is 10.5 Å². The quantitative estimate of drug-likeness (QED) is 0.871. The lowest BCUT2D eigenvalue weighted by Gasteiger charge is -2.17. The van der Waals surface area contributed by atoms with Crippen molar-refractivity contribution in [3.63, 3.8) is 0 Å². The van der Waals surface area contributed by atoms with Crippen LogP contribution in [0, 0.1) is 0 Å². The summed E-state index contributed by atoms with van der Waals surface area (Å²) in [7, 11) is 0. The standard InChI is InChI=1S/C16H19NO/c1-13(14-7-3-2-4-8-14)18-16-10-6-5-9-15(16)11-12-17/h2-10,13H,11-12,17H2,1H3. The SMILES string of the molecule is CC(Oc1ccccc1CCN)c1ccccc1. The first kappa shape index (κ1) is 12.7. The number of hydrogen-bond donors (Lipinski definition) is 1. The van der Waals surface area contributed by atoms with Gasteiger partial charge in [0.25, 0.3) is 0 Å². The normalized spacial score (nSPS) is 12.1. The number of hydrogen-bond acceptors (Lipinski definition) is 2. The fraction of sp³-hybridized carbons (Fsp3) is 0.250. The Balaban J connectivity index is 2.14. The van der Waals surface area contributed by atoms with Gasteiger partial charge in [-0.2, -0.15) is 0 Å². The van der Waals surface area contributed by atoms with E-state index in [1.54, 1.807) is 0 Å². The topological polar surface area (TPSA) is 35.2 Å². The van der Waals surface area contributed by atoms with E-state index in [-0.39, 0.29) is 6.10 Å². The first-order valence-electron chi connectivity index (χ1n) is 6.31. The highest BCUT2D eigenvalue weighted by atomic mass is 16.5. The van der Waals surface area contributed by atoms with Gasteiger partial charge in [0.2, 0.25) is 0 Å². The smallest absolute Gasteiger partial charge is 0.123 e. The Morgan fingerprint density at radius 3 is 2.39 bits per heavy atom. The molecule has 2 heteroatoms. The first-order valence-corrected chi connectivity index (χ1v) is 6.31. The van der Waals surface area contributed by atoms with E-state index >= 15 is 0 Å². The lowest BCUT2D eigenvalue weighted by Crippen LogP contribution is -2.08. The molecule has 2 rings (SSSR count). The van der Waals surface area contributed by atoms with Gasteiger partial charge >= 0.3 is 0 Å². The summed E-state index contributed by atoms with van der Waals surface area (Å²) < 4.78 is 6.03. The fourth-order valence-corrected chi connectivity index (χ4v) is 1.96. The molecule has 2 nitrogen and oxygen atoms in total. The summed E-state index contributed by atoms with van der Waals surface area (Å²) in [5, 5.41) is 0. The van der Waals surface area contributed by atoms with Crippen LogP contribution >= 0.6 is 0 Å². The van der Waals surface area contributed by atoms with Crippen LogP contribution in [-0.4, -0.2) is 6.54 Å². The molecule has 0 aliphatic carbocycles. The van der Waals surface area contributed by atoms with Gasteiger partial charge in [0.15, 0.2) is 0 Å². The minimum absolute atomic E-state index is 0.0464.